The SMILES string of the molecule is CCCCc1ccc(C#Cc2ccc(C3CCC(OCC)CC3)cc2)cc1. The summed E-state index contributed by atoms with van der Waals surface area (Å²) in [7, 11) is 0. The van der Waals surface area contributed by atoms with E-state index in [0.29, 0.717) is 12.0 Å². The molecule has 0 N–H and O–H groups in total. The standard InChI is InChI=1S/C26H32O/c1-3-5-6-21-7-9-22(10-8-21)11-12-23-13-15-24(16-14-23)25-17-19-26(20-18-25)27-4-2/h7-10,13-16,25-26H,3-6,17-20H2,1-2H3. The molecule has 0 atom stereocenters. The van der Waals surface area contributed by atoms with E-state index in [2.05, 4.69) is 74.2 Å². The number of hydrogen-bond acceptors (Lipinski definition) is 1. The Morgan fingerprint density at radius 1 is 0.815 bits per heavy atom. The Morgan fingerprint density at radius 2 is 1.41 bits per heavy atom. The van der Waals surface area contributed by atoms with Gasteiger partial charge in [-0.05, 0) is 86.8 Å². The first-order chi connectivity index (χ1) is 13.3. The molecule has 1 heteroatoms. The third-order valence-electron chi connectivity index (χ3n) is 5.58. The van der Waals surface area contributed by atoms with E-state index in [4.69, 9.17) is 4.74 Å². The molecule has 142 valence electrons. The maximum absolute atomic E-state index is 5.77. The van der Waals surface area contributed by atoms with E-state index < -0.39 is 0 Å². The summed E-state index contributed by atoms with van der Waals surface area (Å²) in [6, 6.07) is 17.6. The number of hydrogen-bond donors (Lipinski definition) is 0. The summed E-state index contributed by atoms with van der Waals surface area (Å²) in [4.78, 5) is 0. The van der Waals surface area contributed by atoms with E-state index in [9.17, 15) is 0 Å². The first-order valence-corrected chi connectivity index (χ1v) is 10.6. The molecular formula is C26H32O. The molecule has 0 aromatic heterocycles. The molecule has 0 saturated heterocycles. The number of unbranched alkanes of at least 4 members (excludes halogenated alkanes) is 1. The lowest BCUT2D eigenvalue weighted by molar-refractivity contribution is 0.0328. The largest absolute Gasteiger partial charge is 0.379 e. The highest BCUT2D eigenvalue weighted by Gasteiger charge is 2.22. The maximum atomic E-state index is 5.77. The van der Waals surface area contributed by atoms with Crippen molar-refractivity contribution >= 4 is 0 Å². The third-order valence-corrected chi connectivity index (χ3v) is 5.58. The van der Waals surface area contributed by atoms with Crippen molar-refractivity contribution in [1.29, 1.82) is 0 Å². The van der Waals surface area contributed by atoms with Gasteiger partial charge in [0.15, 0.2) is 0 Å². The van der Waals surface area contributed by atoms with Gasteiger partial charge in [-0.1, -0.05) is 49.5 Å². The molecule has 27 heavy (non-hydrogen) atoms. The Bertz CT molecular complexity index is 738. The van der Waals surface area contributed by atoms with E-state index >= 15 is 0 Å². The van der Waals surface area contributed by atoms with Gasteiger partial charge in [0.05, 0.1) is 6.10 Å². The second kappa shape index (κ2) is 10.3. The van der Waals surface area contributed by atoms with Gasteiger partial charge in [-0.15, -0.1) is 0 Å². The molecule has 1 aliphatic rings. The minimum Gasteiger partial charge on any atom is -0.379 e. The minimum atomic E-state index is 0.477. The quantitative estimate of drug-likeness (QED) is 0.535. The lowest BCUT2D eigenvalue weighted by atomic mass is 9.82. The van der Waals surface area contributed by atoms with Crippen LogP contribution in [0.4, 0.5) is 0 Å². The Labute approximate surface area is 165 Å². The van der Waals surface area contributed by atoms with Crippen LogP contribution in [0.3, 0.4) is 0 Å². The first kappa shape index (κ1) is 19.7. The van der Waals surface area contributed by atoms with Gasteiger partial charge < -0.3 is 4.74 Å². The van der Waals surface area contributed by atoms with Gasteiger partial charge in [0.25, 0.3) is 0 Å². The predicted octanol–water partition coefficient (Wildman–Crippen LogP) is 6.49. The van der Waals surface area contributed by atoms with Crippen molar-refractivity contribution in [2.75, 3.05) is 6.61 Å². The monoisotopic (exact) mass is 360 g/mol. The molecule has 0 bridgehead atoms. The molecule has 2 aromatic carbocycles. The summed E-state index contributed by atoms with van der Waals surface area (Å²) in [6.07, 6.45) is 8.99. The van der Waals surface area contributed by atoms with Crippen LogP contribution < -0.4 is 0 Å². The smallest absolute Gasteiger partial charge is 0.0575 e. The van der Waals surface area contributed by atoms with Crippen molar-refractivity contribution in [3.63, 3.8) is 0 Å². The topological polar surface area (TPSA) is 9.23 Å². The van der Waals surface area contributed by atoms with Gasteiger partial charge in [0, 0.05) is 17.7 Å². The summed E-state index contributed by atoms with van der Waals surface area (Å²) >= 11 is 0. The van der Waals surface area contributed by atoms with Gasteiger partial charge in [-0.2, -0.15) is 0 Å². The normalized spacial score (nSPS) is 19.3. The fourth-order valence-electron chi connectivity index (χ4n) is 3.92. The summed E-state index contributed by atoms with van der Waals surface area (Å²) in [6.45, 7) is 5.16. The van der Waals surface area contributed by atoms with Crippen molar-refractivity contribution in [3.05, 3.63) is 70.8 Å². The molecule has 0 aliphatic heterocycles. The Hall–Kier alpha value is -2.04. The van der Waals surface area contributed by atoms with Crippen LogP contribution in [-0.2, 0) is 11.2 Å². The van der Waals surface area contributed by atoms with Crippen LogP contribution in [0.15, 0.2) is 48.5 Å². The fraction of sp³-hybridized carbons (Fsp3) is 0.462. The lowest BCUT2D eigenvalue weighted by Gasteiger charge is -2.28. The maximum Gasteiger partial charge on any atom is 0.0575 e. The molecule has 1 fully saturated rings. The molecule has 1 saturated carbocycles. The Kier molecular flexibility index (Phi) is 7.55. The van der Waals surface area contributed by atoms with Gasteiger partial charge >= 0.3 is 0 Å². The van der Waals surface area contributed by atoms with Crippen LogP contribution >= 0.6 is 0 Å². The Balaban J connectivity index is 1.56. The highest BCUT2D eigenvalue weighted by molar-refractivity contribution is 5.44. The van der Waals surface area contributed by atoms with Crippen molar-refractivity contribution in [3.8, 4) is 11.8 Å². The zero-order valence-corrected chi connectivity index (χ0v) is 16.8. The first-order valence-electron chi connectivity index (χ1n) is 10.6. The highest BCUT2D eigenvalue weighted by Crippen LogP contribution is 2.34. The predicted molar refractivity (Wildman–Crippen MR) is 114 cm³/mol. The number of benzene rings is 2. The third kappa shape index (κ3) is 5.98. The molecule has 1 aliphatic carbocycles. The van der Waals surface area contributed by atoms with Crippen LogP contribution in [-0.4, -0.2) is 12.7 Å². The molecule has 0 heterocycles. The van der Waals surface area contributed by atoms with Crippen LogP contribution in [0.5, 0.6) is 0 Å². The van der Waals surface area contributed by atoms with Crippen LogP contribution in [0.1, 0.15) is 80.5 Å². The number of aryl methyl sites for hydroxylation is 1. The number of rotatable bonds is 6. The lowest BCUT2D eigenvalue weighted by Crippen LogP contribution is -2.20. The van der Waals surface area contributed by atoms with Gasteiger partial charge in [0.1, 0.15) is 0 Å². The summed E-state index contributed by atoms with van der Waals surface area (Å²) < 4.78 is 5.77. The van der Waals surface area contributed by atoms with Crippen LogP contribution in [0.2, 0.25) is 0 Å². The average Bonchev–Trinajstić information content (AvgIpc) is 2.73. The molecule has 0 unspecified atom stereocenters. The van der Waals surface area contributed by atoms with Gasteiger partial charge in [0.2, 0.25) is 0 Å². The second-order valence-corrected chi connectivity index (χ2v) is 7.60. The van der Waals surface area contributed by atoms with Crippen molar-refractivity contribution in [1.82, 2.24) is 0 Å². The molecule has 0 radical (unpaired) electrons. The summed E-state index contributed by atoms with van der Waals surface area (Å²) in [5.41, 5.74) is 5.05. The summed E-state index contributed by atoms with van der Waals surface area (Å²) in [5, 5.41) is 0. The highest BCUT2D eigenvalue weighted by atomic mass is 16.5. The molecule has 0 spiro atoms. The van der Waals surface area contributed by atoms with Crippen molar-refractivity contribution in [2.45, 2.75) is 70.8 Å². The molecule has 1 nitrogen and oxygen atoms in total. The summed E-state index contributed by atoms with van der Waals surface area (Å²) in [5.74, 6) is 7.28. The fourth-order valence-corrected chi connectivity index (χ4v) is 3.92. The van der Waals surface area contributed by atoms with E-state index in [-0.39, 0.29) is 0 Å². The molecule has 3 rings (SSSR count). The van der Waals surface area contributed by atoms with E-state index in [1.54, 1.807) is 0 Å². The van der Waals surface area contributed by atoms with E-state index in [0.717, 1.165) is 24.2 Å². The second-order valence-electron chi connectivity index (χ2n) is 7.60. The zero-order chi connectivity index (χ0) is 18.9. The van der Waals surface area contributed by atoms with Crippen LogP contribution in [0, 0.1) is 11.8 Å². The number of ether oxygens (including phenoxy) is 1. The zero-order valence-electron chi connectivity index (χ0n) is 16.8. The van der Waals surface area contributed by atoms with E-state index in [1.807, 2.05) is 0 Å². The molecule has 2 aromatic rings. The van der Waals surface area contributed by atoms with Crippen molar-refractivity contribution < 1.29 is 4.74 Å². The minimum absolute atomic E-state index is 0.477. The van der Waals surface area contributed by atoms with Crippen LogP contribution in [0.25, 0.3) is 0 Å². The van der Waals surface area contributed by atoms with Gasteiger partial charge in [-0.3, -0.25) is 0 Å². The van der Waals surface area contributed by atoms with Gasteiger partial charge in [-0.25, -0.2) is 0 Å². The molecule has 0 amide bonds. The van der Waals surface area contributed by atoms with E-state index in [1.165, 1.54) is 49.7 Å². The Morgan fingerprint density at radius 3 is 1.96 bits per heavy atom. The molecular weight excluding hydrogens is 328 g/mol. The average molecular weight is 361 g/mol. The van der Waals surface area contributed by atoms with Crippen molar-refractivity contribution in [2.24, 2.45) is 0 Å².